The zero-order chi connectivity index (χ0) is 25.1. The van der Waals surface area contributed by atoms with E-state index in [4.69, 9.17) is 37.7 Å². The molecule has 5 aromatic rings. The van der Waals surface area contributed by atoms with Crippen molar-refractivity contribution in [2.24, 2.45) is 0 Å². The minimum Gasteiger partial charge on any atom is -0.477 e. The molecule has 0 amide bonds. The maximum absolute atomic E-state index is 12.6. The number of esters is 1. The maximum atomic E-state index is 12.6. The van der Waals surface area contributed by atoms with E-state index >= 15 is 0 Å². The van der Waals surface area contributed by atoms with E-state index in [0.717, 1.165) is 22.4 Å². The van der Waals surface area contributed by atoms with Gasteiger partial charge in [0.1, 0.15) is 17.3 Å². The molecule has 4 aromatic carbocycles. The largest absolute Gasteiger partial charge is 0.477 e. The van der Waals surface area contributed by atoms with Gasteiger partial charge in [-0.15, -0.1) is 0 Å². The van der Waals surface area contributed by atoms with Gasteiger partial charge < -0.3 is 14.0 Å². The molecule has 0 N–H and O–H groups in total. The summed E-state index contributed by atoms with van der Waals surface area (Å²) in [6, 6.07) is 30.4. The summed E-state index contributed by atoms with van der Waals surface area (Å²) in [6.07, 6.45) is -0.863. The second-order valence-electron chi connectivity index (χ2n) is 8.28. The Labute approximate surface area is 218 Å². The molecule has 0 spiro atoms. The van der Waals surface area contributed by atoms with Crippen LogP contribution in [0.25, 0.3) is 22.4 Å². The molecule has 0 saturated heterocycles. The molecule has 36 heavy (non-hydrogen) atoms. The highest BCUT2D eigenvalue weighted by atomic mass is 35.5. The lowest BCUT2D eigenvalue weighted by Crippen LogP contribution is -2.28. The van der Waals surface area contributed by atoms with Gasteiger partial charge in [0.15, 0.2) is 6.10 Å². The minimum atomic E-state index is -0.863. The second kappa shape index (κ2) is 10.4. The van der Waals surface area contributed by atoms with Crippen LogP contribution in [0.2, 0.25) is 10.0 Å². The van der Waals surface area contributed by atoms with Gasteiger partial charge >= 0.3 is 5.97 Å². The fourth-order valence-corrected chi connectivity index (χ4v) is 4.36. The number of halogens is 2. The first kappa shape index (κ1) is 23.9. The van der Waals surface area contributed by atoms with E-state index in [1.54, 1.807) is 37.3 Å². The Bertz CT molecular complexity index is 1520. The molecule has 180 valence electrons. The smallest absolute Gasteiger partial charge is 0.352 e. The van der Waals surface area contributed by atoms with Gasteiger partial charge in [0.05, 0.1) is 16.1 Å². The van der Waals surface area contributed by atoms with Gasteiger partial charge in [-0.3, -0.25) is 0 Å². The summed E-state index contributed by atoms with van der Waals surface area (Å²) in [7, 11) is 0. The Morgan fingerprint density at radius 3 is 2.39 bits per heavy atom. The zero-order valence-corrected chi connectivity index (χ0v) is 20.9. The maximum Gasteiger partial charge on any atom is 0.352 e. The van der Waals surface area contributed by atoms with Gasteiger partial charge in [0.25, 0.3) is 0 Å². The monoisotopic (exact) mass is 516 g/mol. The number of carbonyl (C=O) groups is 1. The van der Waals surface area contributed by atoms with Gasteiger partial charge in [-0.2, -0.15) is 0 Å². The molecular weight excluding hydrogens is 495 g/mol. The van der Waals surface area contributed by atoms with Crippen LogP contribution in [-0.4, -0.2) is 21.6 Å². The number of nitrogens with zero attached hydrogens (tertiary/aromatic N) is 2. The van der Waals surface area contributed by atoms with Crippen molar-refractivity contribution in [3.8, 4) is 22.9 Å². The van der Waals surface area contributed by atoms with Crippen LogP contribution in [0.1, 0.15) is 12.5 Å². The van der Waals surface area contributed by atoms with Crippen LogP contribution in [0, 0.1) is 0 Å². The van der Waals surface area contributed by atoms with Crippen LogP contribution < -0.4 is 9.47 Å². The fourth-order valence-electron chi connectivity index (χ4n) is 3.90. The second-order valence-corrected chi connectivity index (χ2v) is 9.12. The molecule has 0 aliphatic carbocycles. The van der Waals surface area contributed by atoms with Crippen LogP contribution in [-0.2, 0) is 11.3 Å². The standard InChI is InChI=1S/C29H22Cl2N2O3/c1-19(35-27-16-13-22(30)17-24(27)31)29(34)36-23-14-11-21(12-15-23)28-32-25-9-5-6-10-26(25)33(28)18-20-7-3-2-4-8-20/h2-17,19H,18H2,1H3. The summed E-state index contributed by atoms with van der Waals surface area (Å²) >= 11 is 12.1. The highest BCUT2D eigenvalue weighted by Gasteiger charge is 2.19. The average molecular weight is 517 g/mol. The van der Waals surface area contributed by atoms with Crippen molar-refractivity contribution in [2.45, 2.75) is 19.6 Å². The average Bonchev–Trinajstić information content (AvgIpc) is 3.25. The predicted octanol–water partition coefficient (Wildman–Crippen LogP) is 7.43. The van der Waals surface area contributed by atoms with E-state index < -0.39 is 12.1 Å². The first-order chi connectivity index (χ1) is 17.5. The van der Waals surface area contributed by atoms with Crippen molar-refractivity contribution in [1.82, 2.24) is 9.55 Å². The van der Waals surface area contributed by atoms with Gasteiger partial charge in [-0.1, -0.05) is 65.7 Å². The number of hydrogen-bond acceptors (Lipinski definition) is 4. The summed E-state index contributed by atoms with van der Waals surface area (Å²) in [5.41, 5.74) is 4.07. The van der Waals surface area contributed by atoms with E-state index in [-0.39, 0.29) is 0 Å². The van der Waals surface area contributed by atoms with Crippen molar-refractivity contribution in [1.29, 1.82) is 0 Å². The lowest BCUT2D eigenvalue weighted by atomic mass is 10.2. The van der Waals surface area contributed by atoms with Gasteiger partial charge in [-0.25, -0.2) is 9.78 Å². The number of imidazole rings is 1. The predicted molar refractivity (Wildman–Crippen MR) is 143 cm³/mol. The number of benzene rings is 4. The van der Waals surface area contributed by atoms with Crippen molar-refractivity contribution >= 4 is 40.2 Å². The molecule has 0 fully saturated rings. The SMILES string of the molecule is CC(Oc1ccc(Cl)cc1Cl)C(=O)Oc1ccc(-c2nc3ccccc3n2Cc2ccccc2)cc1. The van der Waals surface area contributed by atoms with Crippen molar-refractivity contribution in [2.75, 3.05) is 0 Å². The normalized spacial score (nSPS) is 11.9. The Morgan fingerprint density at radius 2 is 1.64 bits per heavy atom. The Kier molecular flexibility index (Phi) is 6.94. The van der Waals surface area contributed by atoms with E-state index in [9.17, 15) is 4.79 Å². The molecule has 7 heteroatoms. The third-order valence-corrected chi connectivity index (χ3v) is 6.23. The summed E-state index contributed by atoms with van der Waals surface area (Å²) < 4.78 is 13.4. The summed E-state index contributed by atoms with van der Waals surface area (Å²) in [5, 5.41) is 0.810. The molecule has 0 radical (unpaired) electrons. The van der Waals surface area contributed by atoms with Crippen LogP contribution in [0.3, 0.4) is 0 Å². The molecular formula is C29H22Cl2N2O3. The molecule has 5 rings (SSSR count). The first-order valence-corrected chi connectivity index (χ1v) is 12.2. The van der Waals surface area contributed by atoms with Crippen molar-refractivity contribution in [3.63, 3.8) is 0 Å². The molecule has 0 saturated carbocycles. The third kappa shape index (κ3) is 5.23. The first-order valence-electron chi connectivity index (χ1n) is 11.4. The van der Waals surface area contributed by atoms with Crippen LogP contribution >= 0.6 is 23.2 Å². The molecule has 1 atom stereocenters. The van der Waals surface area contributed by atoms with E-state index in [0.29, 0.717) is 28.1 Å². The topological polar surface area (TPSA) is 53.4 Å². The molecule has 0 aliphatic rings. The zero-order valence-electron chi connectivity index (χ0n) is 19.4. The lowest BCUT2D eigenvalue weighted by molar-refractivity contribution is -0.141. The van der Waals surface area contributed by atoms with Gasteiger partial charge in [0, 0.05) is 17.1 Å². The number of fused-ring (bicyclic) bond motifs is 1. The Balaban J connectivity index is 1.35. The quantitative estimate of drug-likeness (QED) is 0.166. The molecule has 0 bridgehead atoms. The van der Waals surface area contributed by atoms with E-state index in [1.165, 1.54) is 5.56 Å². The highest BCUT2D eigenvalue weighted by molar-refractivity contribution is 6.35. The highest BCUT2D eigenvalue weighted by Crippen LogP contribution is 2.30. The number of rotatable bonds is 7. The van der Waals surface area contributed by atoms with E-state index in [2.05, 4.69) is 22.8 Å². The van der Waals surface area contributed by atoms with Gasteiger partial charge in [-0.05, 0) is 67.1 Å². The molecule has 1 aromatic heterocycles. The lowest BCUT2D eigenvalue weighted by Gasteiger charge is -2.15. The van der Waals surface area contributed by atoms with Crippen molar-refractivity contribution < 1.29 is 14.3 Å². The van der Waals surface area contributed by atoms with Crippen LogP contribution in [0.15, 0.2) is 97.1 Å². The summed E-state index contributed by atoms with van der Waals surface area (Å²) in [5.74, 6) is 1.07. The number of para-hydroxylation sites is 2. The number of ether oxygens (including phenoxy) is 2. The summed E-state index contributed by atoms with van der Waals surface area (Å²) in [6.45, 7) is 2.29. The van der Waals surface area contributed by atoms with Crippen LogP contribution in [0.4, 0.5) is 0 Å². The molecule has 5 nitrogen and oxygen atoms in total. The number of aromatic nitrogens is 2. The van der Waals surface area contributed by atoms with Crippen molar-refractivity contribution in [3.05, 3.63) is 113 Å². The molecule has 1 heterocycles. The fraction of sp³-hybridized carbons (Fsp3) is 0.103. The Morgan fingerprint density at radius 1 is 0.917 bits per heavy atom. The molecule has 0 aliphatic heterocycles. The minimum absolute atomic E-state index is 0.324. The summed E-state index contributed by atoms with van der Waals surface area (Å²) in [4.78, 5) is 17.5. The van der Waals surface area contributed by atoms with Crippen LogP contribution in [0.5, 0.6) is 11.5 Å². The van der Waals surface area contributed by atoms with E-state index in [1.807, 2.05) is 48.5 Å². The third-order valence-electron chi connectivity index (χ3n) is 5.70. The molecule has 1 unspecified atom stereocenters. The number of carbonyl (C=O) groups excluding carboxylic acids is 1. The number of hydrogen-bond donors (Lipinski definition) is 0. The Hall–Kier alpha value is -3.80. The van der Waals surface area contributed by atoms with Gasteiger partial charge in [0.2, 0.25) is 0 Å².